The molecule has 1 rings (SSSR count). The fourth-order valence-electron chi connectivity index (χ4n) is 1.44. The molecule has 1 amide bonds. The molecule has 1 aromatic carbocycles. The molecule has 0 aliphatic heterocycles. The van der Waals surface area contributed by atoms with E-state index in [-0.39, 0.29) is 12.3 Å². The minimum atomic E-state index is -0.878. The third-order valence-corrected chi connectivity index (χ3v) is 3.31. The van der Waals surface area contributed by atoms with Gasteiger partial charge >= 0.3 is 5.97 Å². The number of hydrogen-bond acceptors (Lipinski definition) is 3. The van der Waals surface area contributed by atoms with Gasteiger partial charge in [0.15, 0.2) is 0 Å². The lowest BCUT2D eigenvalue weighted by atomic mass is 10.1. The van der Waals surface area contributed by atoms with Gasteiger partial charge in [-0.3, -0.25) is 9.59 Å². The van der Waals surface area contributed by atoms with E-state index in [2.05, 4.69) is 12.2 Å². The maximum Gasteiger partial charge on any atom is 0.307 e. The summed E-state index contributed by atoms with van der Waals surface area (Å²) in [6, 6.07) is 6.92. The van der Waals surface area contributed by atoms with E-state index in [4.69, 9.17) is 5.11 Å². The Labute approximate surface area is 111 Å². The average molecular weight is 267 g/mol. The zero-order chi connectivity index (χ0) is 13.4. The third-order valence-electron chi connectivity index (χ3n) is 2.15. The zero-order valence-corrected chi connectivity index (χ0v) is 11.1. The monoisotopic (exact) mass is 267 g/mol. The van der Waals surface area contributed by atoms with Crippen LogP contribution in [-0.2, 0) is 16.0 Å². The normalized spacial score (nSPS) is 10.1. The molecule has 4 nitrogen and oxygen atoms in total. The first-order chi connectivity index (χ1) is 8.61. The maximum atomic E-state index is 11.6. The number of carboxylic acids is 1. The Balaban J connectivity index is 2.51. The summed E-state index contributed by atoms with van der Waals surface area (Å²) in [6.07, 6.45) is 1.01. The Kier molecular flexibility index (Phi) is 6.28. The van der Waals surface area contributed by atoms with Crippen LogP contribution in [0, 0.1) is 0 Å². The van der Waals surface area contributed by atoms with E-state index in [9.17, 15) is 9.59 Å². The van der Waals surface area contributed by atoms with Crippen molar-refractivity contribution in [2.24, 2.45) is 0 Å². The summed E-state index contributed by atoms with van der Waals surface area (Å²) in [5.74, 6) is 0.460. The molecule has 0 radical (unpaired) electrons. The fourth-order valence-corrected chi connectivity index (χ4v) is 2.13. The van der Waals surface area contributed by atoms with Gasteiger partial charge < -0.3 is 10.4 Å². The number of nitrogens with one attached hydrogen (secondary N) is 1. The van der Waals surface area contributed by atoms with Crippen LogP contribution in [0.5, 0.6) is 0 Å². The van der Waals surface area contributed by atoms with Crippen LogP contribution >= 0.6 is 11.8 Å². The first kappa shape index (κ1) is 14.6. The quantitative estimate of drug-likeness (QED) is 0.744. The molecule has 0 saturated carbocycles. The van der Waals surface area contributed by atoms with Crippen LogP contribution in [0.15, 0.2) is 24.3 Å². The minimum Gasteiger partial charge on any atom is -0.481 e. The first-order valence-electron chi connectivity index (χ1n) is 5.80. The van der Waals surface area contributed by atoms with Crippen LogP contribution in [0.25, 0.3) is 0 Å². The maximum absolute atomic E-state index is 11.6. The topological polar surface area (TPSA) is 66.4 Å². The van der Waals surface area contributed by atoms with Crippen molar-refractivity contribution < 1.29 is 14.7 Å². The number of carbonyl (C=O) groups excluding carboxylic acids is 1. The lowest BCUT2D eigenvalue weighted by Crippen LogP contribution is -2.14. The van der Waals surface area contributed by atoms with Gasteiger partial charge in [0, 0.05) is 5.69 Å². The molecule has 1 aromatic rings. The van der Waals surface area contributed by atoms with Gasteiger partial charge in [-0.05, 0) is 29.9 Å². The van der Waals surface area contributed by atoms with Gasteiger partial charge in [-0.2, -0.15) is 11.8 Å². The number of carboxylic acid groups (broad SMARTS) is 1. The van der Waals surface area contributed by atoms with Crippen molar-refractivity contribution in [2.45, 2.75) is 19.8 Å². The molecular formula is C13H17NO3S. The Morgan fingerprint density at radius 2 is 2.17 bits per heavy atom. The predicted octanol–water partition coefficient (Wildman–Crippen LogP) is 2.40. The van der Waals surface area contributed by atoms with Crippen LogP contribution in [0.1, 0.15) is 18.9 Å². The SMILES string of the molecule is CCCSCC(=O)Nc1cccc(CC(=O)O)c1. The molecule has 0 heterocycles. The largest absolute Gasteiger partial charge is 0.481 e. The van der Waals surface area contributed by atoms with Crippen molar-refractivity contribution in [3.05, 3.63) is 29.8 Å². The number of hydrogen-bond donors (Lipinski definition) is 2. The highest BCUT2D eigenvalue weighted by Gasteiger charge is 2.04. The summed E-state index contributed by atoms with van der Waals surface area (Å²) in [6.45, 7) is 2.07. The van der Waals surface area contributed by atoms with E-state index < -0.39 is 5.97 Å². The molecule has 2 N–H and O–H groups in total. The molecule has 0 aromatic heterocycles. The van der Waals surface area contributed by atoms with Gasteiger partial charge in [0.25, 0.3) is 0 Å². The third kappa shape index (κ3) is 5.72. The number of benzene rings is 1. The number of aliphatic carboxylic acids is 1. The molecule has 0 bridgehead atoms. The molecule has 0 unspecified atom stereocenters. The highest BCUT2D eigenvalue weighted by atomic mass is 32.2. The molecule has 0 aliphatic carbocycles. The van der Waals surface area contributed by atoms with E-state index in [0.717, 1.165) is 12.2 Å². The van der Waals surface area contributed by atoms with Crippen molar-refractivity contribution in [2.75, 3.05) is 16.8 Å². The van der Waals surface area contributed by atoms with E-state index in [1.807, 2.05) is 0 Å². The number of rotatable bonds is 7. The first-order valence-corrected chi connectivity index (χ1v) is 6.95. The van der Waals surface area contributed by atoms with Crippen LogP contribution in [0.4, 0.5) is 5.69 Å². The number of thioether (sulfide) groups is 1. The Bertz CT molecular complexity index is 420. The Hall–Kier alpha value is -1.49. The van der Waals surface area contributed by atoms with Crippen molar-refractivity contribution in [1.82, 2.24) is 0 Å². The lowest BCUT2D eigenvalue weighted by Gasteiger charge is -2.06. The van der Waals surface area contributed by atoms with Gasteiger partial charge in [0.1, 0.15) is 0 Å². The van der Waals surface area contributed by atoms with Crippen LogP contribution in [0.2, 0.25) is 0 Å². The molecule has 0 spiro atoms. The van der Waals surface area contributed by atoms with Gasteiger partial charge in [-0.1, -0.05) is 19.1 Å². The van der Waals surface area contributed by atoms with E-state index in [0.29, 0.717) is 17.0 Å². The molecule has 0 saturated heterocycles. The van der Waals surface area contributed by atoms with Crippen molar-refractivity contribution in [1.29, 1.82) is 0 Å². The molecule has 98 valence electrons. The number of anilines is 1. The summed E-state index contributed by atoms with van der Waals surface area (Å²) in [4.78, 5) is 22.2. The standard InChI is InChI=1S/C13H17NO3S/c1-2-6-18-9-12(15)14-11-5-3-4-10(7-11)8-13(16)17/h3-5,7H,2,6,8-9H2,1H3,(H,14,15)(H,16,17). The van der Waals surface area contributed by atoms with Gasteiger partial charge in [0.05, 0.1) is 12.2 Å². The van der Waals surface area contributed by atoms with E-state index in [1.165, 1.54) is 0 Å². The van der Waals surface area contributed by atoms with Crippen LogP contribution < -0.4 is 5.32 Å². The van der Waals surface area contributed by atoms with Gasteiger partial charge in [0.2, 0.25) is 5.91 Å². The summed E-state index contributed by atoms with van der Waals surface area (Å²) in [7, 11) is 0. The number of carbonyl (C=O) groups is 2. The fraction of sp³-hybridized carbons (Fsp3) is 0.385. The molecular weight excluding hydrogens is 250 g/mol. The minimum absolute atomic E-state index is 0.0334. The molecule has 5 heteroatoms. The van der Waals surface area contributed by atoms with E-state index in [1.54, 1.807) is 36.0 Å². The highest BCUT2D eigenvalue weighted by molar-refractivity contribution is 7.99. The smallest absolute Gasteiger partial charge is 0.307 e. The van der Waals surface area contributed by atoms with Crippen molar-refractivity contribution in [3.8, 4) is 0 Å². The van der Waals surface area contributed by atoms with Crippen molar-refractivity contribution >= 4 is 29.3 Å². The molecule has 0 aliphatic rings. The molecule has 0 fully saturated rings. The Morgan fingerprint density at radius 1 is 1.39 bits per heavy atom. The van der Waals surface area contributed by atoms with Crippen LogP contribution in [0.3, 0.4) is 0 Å². The van der Waals surface area contributed by atoms with Gasteiger partial charge in [-0.15, -0.1) is 0 Å². The highest BCUT2D eigenvalue weighted by Crippen LogP contribution is 2.12. The number of amides is 1. The van der Waals surface area contributed by atoms with Crippen LogP contribution in [-0.4, -0.2) is 28.5 Å². The summed E-state index contributed by atoms with van der Waals surface area (Å²) in [5, 5.41) is 11.5. The Morgan fingerprint density at radius 3 is 2.83 bits per heavy atom. The second-order valence-electron chi connectivity index (χ2n) is 3.87. The summed E-state index contributed by atoms with van der Waals surface area (Å²) >= 11 is 1.59. The average Bonchev–Trinajstić information content (AvgIpc) is 2.28. The van der Waals surface area contributed by atoms with Crippen molar-refractivity contribution in [3.63, 3.8) is 0 Å². The second kappa shape index (κ2) is 7.76. The second-order valence-corrected chi connectivity index (χ2v) is 4.98. The van der Waals surface area contributed by atoms with Gasteiger partial charge in [-0.25, -0.2) is 0 Å². The molecule has 0 atom stereocenters. The summed E-state index contributed by atoms with van der Waals surface area (Å²) < 4.78 is 0. The lowest BCUT2D eigenvalue weighted by molar-refractivity contribution is -0.136. The van der Waals surface area contributed by atoms with E-state index >= 15 is 0 Å². The summed E-state index contributed by atoms with van der Waals surface area (Å²) in [5.41, 5.74) is 1.33. The predicted molar refractivity (Wildman–Crippen MR) is 74.0 cm³/mol. The zero-order valence-electron chi connectivity index (χ0n) is 10.3. The molecule has 18 heavy (non-hydrogen) atoms.